The van der Waals surface area contributed by atoms with Crippen LogP contribution in [0.4, 0.5) is 0 Å². The number of hydrogen-bond acceptors (Lipinski definition) is 3. The zero-order valence-corrected chi connectivity index (χ0v) is 14.5. The molecule has 1 atom stereocenters. The molecule has 0 radical (unpaired) electrons. The van der Waals surface area contributed by atoms with E-state index in [1.165, 1.54) is 0 Å². The van der Waals surface area contributed by atoms with Crippen LogP contribution in [0.3, 0.4) is 0 Å². The van der Waals surface area contributed by atoms with E-state index in [0.717, 1.165) is 17.7 Å². The fourth-order valence-electron chi connectivity index (χ4n) is 2.49. The van der Waals surface area contributed by atoms with E-state index in [0.29, 0.717) is 11.7 Å². The van der Waals surface area contributed by atoms with Crippen LogP contribution in [-0.2, 0) is 4.79 Å². The van der Waals surface area contributed by atoms with Crippen molar-refractivity contribution < 1.29 is 14.3 Å². The lowest BCUT2D eigenvalue weighted by Gasteiger charge is -2.21. The van der Waals surface area contributed by atoms with Crippen LogP contribution in [0, 0.1) is 5.92 Å². The molecule has 0 aliphatic rings. The molecule has 0 fully saturated rings. The minimum atomic E-state index is -0.125. The fraction of sp³-hybridized carbons (Fsp3) is 0.350. The van der Waals surface area contributed by atoms with E-state index in [4.69, 9.17) is 9.47 Å². The molecule has 0 bridgehead atoms. The summed E-state index contributed by atoms with van der Waals surface area (Å²) in [6, 6.07) is 17.2. The third kappa shape index (κ3) is 5.61. The molecule has 4 heteroatoms. The van der Waals surface area contributed by atoms with Crippen molar-refractivity contribution in [3.63, 3.8) is 0 Å². The van der Waals surface area contributed by atoms with Crippen LogP contribution in [0.15, 0.2) is 54.6 Å². The number of benzene rings is 2. The van der Waals surface area contributed by atoms with Gasteiger partial charge in [-0.2, -0.15) is 0 Å². The molecule has 0 aliphatic carbocycles. The summed E-state index contributed by atoms with van der Waals surface area (Å²) in [7, 11) is 1.61. The van der Waals surface area contributed by atoms with E-state index in [1.54, 1.807) is 31.4 Å². The Morgan fingerprint density at radius 1 is 1.00 bits per heavy atom. The van der Waals surface area contributed by atoms with Crippen LogP contribution >= 0.6 is 0 Å². The van der Waals surface area contributed by atoms with Gasteiger partial charge in [-0.15, -0.1) is 0 Å². The minimum Gasteiger partial charge on any atom is -0.497 e. The van der Waals surface area contributed by atoms with Gasteiger partial charge in [0.1, 0.15) is 11.5 Å². The molecule has 4 nitrogen and oxygen atoms in total. The number of carbonyl (C=O) groups is 1. The largest absolute Gasteiger partial charge is 0.497 e. The molecule has 2 aromatic rings. The van der Waals surface area contributed by atoms with Gasteiger partial charge >= 0.3 is 0 Å². The molecule has 0 saturated heterocycles. The molecule has 128 valence electrons. The molecule has 24 heavy (non-hydrogen) atoms. The Morgan fingerprint density at radius 3 is 2.21 bits per heavy atom. The van der Waals surface area contributed by atoms with E-state index in [9.17, 15) is 4.79 Å². The molecule has 1 amide bonds. The highest BCUT2D eigenvalue weighted by atomic mass is 16.5. The van der Waals surface area contributed by atoms with Crippen LogP contribution < -0.4 is 14.8 Å². The molecule has 0 spiro atoms. The van der Waals surface area contributed by atoms with Crippen molar-refractivity contribution in [1.29, 1.82) is 0 Å². The smallest absolute Gasteiger partial charge is 0.258 e. The highest BCUT2D eigenvalue weighted by Crippen LogP contribution is 2.21. The average Bonchev–Trinajstić information content (AvgIpc) is 2.60. The van der Waals surface area contributed by atoms with E-state index in [-0.39, 0.29) is 18.6 Å². The van der Waals surface area contributed by atoms with Crippen molar-refractivity contribution in [3.8, 4) is 11.5 Å². The van der Waals surface area contributed by atoms with Crippen molar-refractivity contribution >= 4 is 5.91 Å². The van der Waals surface area contributed by atoms with Crippen LogP contribution in [0.25, 0.3) is 0 Å². The summed E-state index contributed by atoms with van der Waals surface area (Å²) in [5, 5.41) is 3.07. The Morgan fingerprint density at radius 2 is 1.62 bits per heavy atom. The second kappa shape index (κ2) is 8.96. The Bertz CT molecular complexity index is 623. The first kappa shape index (κ1) is 17.9. The number of nitrogens with one attached hydrogen (secondary N) is 1. The van der Waals surface area contributed by atoms with Gasteiger partial charge in [0, 0.05) is 0 Å². The van der Waals surface area contributed by atoms with Gasteiger partial charge in [-0.05, 0) is 42.2 Å². The summed E-state index contributed by atoms with van der Waals surface area (Å²) in [5.41, 5.74) is 1.11. The van der Waals surface area contributed by atoms with Crippen LogP contribution in [0.2, 0.25) is 0 Å². The van der Waals surface area contributed by atoms with Crippen LogP contribution in [0.5, 0.6) is 11.5 Å². The number of carbonyl (C=O) groups excluding carboxylic acids is 1. The number of rotatable bonds is 8. The molecule has 0 saturated carbocycles. The Hall–Kier alpha value is -2.49. The van der Waals surface area contributed by atoms with Gasteiger partial charge in [-0.1, -0.05) is 44.2 Å². The highest BCUT2D eigenvalue weighted by molar-refractivity contribution is 5.78. The molecular formula is C20H25NO3. The lowest BCUT2D eigenvalue weighted by Crippen LogP contribution is -2.33. The first-order chi connectivity index (χ1) is 11.6. The summed E-state index contributed by atoms with van der Waals surface area (Å²) in [6.45, 7) is 4.29. The number of ether oxygens (including phenoxy) is 2. The van der Waals surface area contributed by atoms with E-state index in [2.05, 4.69) is 19.2 Å². The maximum atomic E-state index is 12.2. The number of methoxy groups -OCH3 is 1. The van der Waals surface area contributed by atoms with Gasteiger partial charge in [0.05, 0.1) is 13.2 Å². The molecule has 0 aromatic heterocycles. The van der Waals surface area contributed by atoms with Gasteiger partial charge in [-0.25, -0.2) is 0 Å². The van der Waals surface area contributed by atoms with Crippen molar-refractivity contribution in [3.05, 3.63) is 60.2 Å². The van der Waals surface area contributed by atoms with Crippen LogP contribution in [-0.4, -0.2) is 19.6 Å². The quantitative estimate of drug-likeness (QED) is 0.798. The van der Waals surface area contributed by atoms with E-state index in [1.807, 2.05) is 30.3 Å². The molecular weight excluding hydrogens is 302 g/mol. The van der Waals surface area contributed by atoms with Gasteiger partial charge < -0.3 is 14.8 Å². The first-order valence-corrected chi connectivity index (χ1v) is 8.19. The van der Waals surface area contributed by atoms with Gasteiger partial charge in [0.2, 0.25) is 0 Å². The second-order valence-corrected chi connectivity index (χ2v) is 6.12. The molecule has 0 heterocycles. The van der Waals surface area contributed by atoms with Crippen molar-refractivity contribution in [1.82, 2.24) is 5.32 Å². The predicted molar refractivity (Wildman–Crippen MR) is 95.3 cm³/mol. The molecule has 0 aliphatic heterocycles. The zero-order valence-electron chi connectivity index (χ0n) is 14.5. The van der Waals surface area contributed by atoms with Gasteiger partial charge in [0.25, 0.3) is 5.91 Å². The fourth-order valence-corrected chi connectivity index (χ4v) is 2.49. The Kier molecular flexibility index (Phi) is 6.67. The first-order valence-electron chi connectivity index (χ1n) is 8.19. The van der Waals surface area contributed by atoms with Crippen molar-refractivity contribution in [2.24, 2.45) is 5.92 Å². The van der Waals surface area contributed by atoms with Crippen LogP contribution in [0.1, 0.15) is 31.9 Å². The lowest BCUT2D eigenvalue weighted by molar-refractivity contribution is -0.124. The summed E-state index contributed by atoms with van der Waals surface area (Å²) in [4.78, 5) is 12.2. The van der Waals surface area contributed by atoms with Crippen molar-refractivity contribution in [2.45, 2.75) is 26.3 Å². The number of hydrogen-bond donors (Lipinski definition) is 1. The van der Waals surface area contributed by atoms with E-state index < -0.39 is 0 Å². The maximum Gasteiger partial charge on any atom is 0.258 e. The van der Waals surface area contributed by atoms with Gasteiger partial charge in [0.15, 0.2) is 6.61 Å². The topological polar surface area (TPSA) is 47.6 Å². The predicted octanol–water partition coefficient (Wildman–Crippen LogP) is 3.98. The summed E-state index contributed by atoms with van der Waals surface area (Å²) < 4.78 is 10.6. The number of amides is 1. The summed E-state index contributed by atoms with van der Waals surface area (Å²) >= 11 is 0. The second-order valence-electron chi connectivity index (χ2n) is 6.12. The van der Waals surface area contributed by atoms with E-state index >= 15 is 0 Å². The molecule has 2 rings (SSSR count). The molecule has 2 aromatic carbocycles. The third-order valence-corrected chi connectivity index (χ3v) is 3.67. The zero-order chi connectivity index (χ0) is 17.4. The lowest BCUT2D eigenvalue weighted by atomic mass is 9.97. The SMILES string of the molecule is COc1ccc(OCC(=O)NC(CC(C)C)c2ccccc2)cc1. The maximum absolute atomic E-state index is 12.2. The standard InChI is InChI=1S/C20H25NO3/c1-15(2)13-19(16-7-5-4-6-8-16)21-20(22)14-24-18-11-9-17(23-3)10-12-18/h4-12,15,19H,13-14H2,1-3H3,(H,21,22). The minimum absolute atomic E-state index is 0.00170. The highest BCUT2D eigenvalue weighted by Gasteiger charge is 2.16. The summed E-state index contributed by atoms with van der Waals surface area (Å²) in [5.74, 6) is 1.76. The van der Waals surface area contributed by atoms with Crippen molar-refractivity contribution in [2.75, 3.05) is 13.7 Å². The molecule has 1 N–H and O–H groups in total. The average molecular weight is 327 g/mol. The van der Waals surface area contributed by atoms with Gasteiger partial charge in [-0.3, -0.25) is 4.79 Å². The Balaban J connectivity index is 1.92. The Labute approximate surface area is 143 Å². The normalized spacial score (nSPS) is 11.8. The molecule has 1 unspecified atom stereocenters. The summed E-state index contributed by atoms with van der Waals surface area (Å²) in [6.07, 6.45) is 0.887. The third-order valence-electron chi connectivity index (χ3n) is 3.67. The monoisotopic (exact) mass is 327 g/mol.